The number of hydrogen-bond donors (Lipinski definition) is 2. The molecule has 0 aliphatic carbocycles. The Labute approximate surface area is 119 Å². The van der Waals surface area contributed by atoms with Crippen molar-refractivity contribution in [3.8, 4) is 11.5 Å². The molecule has 0 unspecified atom stereocenters. The first-order valence-corrected chi connectivity index (χ1v) is 6.68. The summed E-state index contributed by atoms with van der Waals surface area (Å²) in [4.78, 5) is 11.6. The molecule has 1 rings (SSSR count). The monoisotopic (exact) mass is 282 g/mol. The van der Waals surface area contributed by atoms with E-state index in [0.717, 1.165) is 0 Å². The van der Waals surface area contributed by atoms with E-state index in [1.165, 1.54) is 0 Å². The number of anilines is 1. The lowest BCUT2D eigenvalue weighted by Gasteiger charge is -2.13. The topological polar surface area (TPSA) is 82.8 Å². The van der Waals surface area contributed by atoms with Gasteiger partial charge in [-0.25, -0.2) is 0 Å². The predicted octanol–water partition coefficient (Wildman–Crippen LogP) is 1.40. The first-order chi connectivity index (χ1) is 9.71. The maximum absolute atomic E-state index is 11.6. The number of carbonyl (C=O) groups is 1. The van der Waals surface area contributed by atoms with Gasteiger partial charge in [0.1, 0.15) is 6.61 Å². The van der Waals surface area contributed by atoms with Crippen molar-refractivity contribution in [1.29, 1.82) is 0 Å². The van der Waals surface area contributed by atoms with E-state index in [1.807, 2.05) is 13.8 Å². The summed E-state index contributed by atoms with van der Waals surface area (Å²) in [5, 5.41) is 2.73. The van der Waals surface area contributed by atoms with E-state index in [0.29, 0.717) is 43.6 Å². The second-order valence-corrected chi connectivity index (χ2v) is 3.92. The van der Waals surface area contributed by atoms with E-state index in [4.69, 9.17) is 19.9 Å². The van der Waals surface area contributed by atoms with Crippen molar-refractivity contribution in [2.75, 3.05) is 38.3 Å². The molecule has 6 heteroatoms. The Morgan fingerprint density at radius 2 is 1.90 bits per heavy atom. The lowest BCUT2D eigenvalue weighted by molar-refractivity contribution is -0.120. The van der Waals surface area contributed by atoms with Crippen molar-refractivity contribution < 1.29 is 19.0 Å². The van der Waals surface area contributed by atoms with Crippen LogP contribution in [0.4, 0.5) is 5.69 Å². The van der Waals surface area contributed by atoms with E-state index in [2.05, 4.69) is 5.32 Å². The Morgan fingerprint density at radius 1 is 1.20 bits per heavy atom. The highest BCUT2D eigenvalue weighted by atomic mass is 16.5. The van der Waals surface area contributed by atoms with E-state index >= 15 is 0 Å². The van der Waals surface area contributed by atoms with Gasteiger partial charge in [-0.05, 0) is 26.0 Å². The molecular weight excluding hydrogens is 260 g/mol. The van der Waals surface area contributed by atoms with Crippen LogP contribution in [0.1, 0.15) is 13.8 Å². The summed E-state index contributed by atoms with van der Waals surface area (Å²) in [6.45, 7) is 5.61. The number of rotatable bonds is 9. The van der Waals surface area contributed by atoms with Crippen LogP contribution in [-0.4, -0.2) is 38.9 Å². The third kappa shape index (κ3) is 5.46. The van der Waals surface area contributed by atoms with Crippen LogP contribution in [-0.2, 0) is 9.53 Å². The molecule has 0 aromatic heterocycles. The number of benzene rings is 1. The lowest BCUT2D eigenvalue weighted by Crippen LogP contribution is -2.20. The number of carbonyl (C=O) groups excluding carboxylic acids is 1. The molecule has 0 fully saturated rings. The number of hydrogen-bond acceptors (Lipinski definition) is 5. The smallest absolute Gasteiger partial charge is 0.250 e. The number of nitrogens with two attached hydrogens (primary N) is 1. The summed E-state index contributed by atoms with van der Waals surface area (Å²) >= 11 is 0. The molecular formula is C14H22N2O4. The maximum atomic E-state index is 11.6. The van der Waals surface area contributed by atoms with Crippen molar-refractivity contribution in [3.63, 3.8) is 0 Å². The summed E-state index contributed by atoms with van der Waals surface area (Å²) in [5.74, 6) is 1.03. The number of ether oxygens (including phenoxy) is 3. The van der Waals surface area contributed by atoms with Crippen LogP contribution >= 0.6 is 0 Å². The van der Waals surface area contributed by atoms with Gasteiger partial charge in [-0.15, -0.1) is 0 Å². The van der Waals surface area contributed by atoms with Crippen molar-refractivity contribution in [2.45, 2.75) is 13.8 Å². The molecule has 1 aromatic rings. The highest BCUT2D eigenvalue weighted by Gasteiger charge is 2.08. The van der Waals surface area contributed by atoms with Gasteiger partial charge in [0.2, 0.25) is 5.91 Å². The molecule has 0 saturated heterocycles. The van der Waals surface area contributed by atoms with Crippen molar-refractivity contribution >= 4 is 11.6 Å². The fourth-order valence-corrected chi connectivity index (χ4v) is 1.57. The molecule has 0 saturated carbocycles. The molecule has 0 heterocycles. The lowest BCUT2D eigenvalue weighted by atomic mass is 10.2. The van der Waals surface area contributed by atoms with Crippen LogP contribution in [0.2, 0.25) is 0 Å². The van der Waals surface area contributed by atoms with Crippen LogP contribution in [0.5, 0.6) is 11.5 Å². The van der Waals surface area contributed by atoms with Crippen LogP contribution < -0.4 is 20.5 Å². The fourth-order valence-electron chi connectivity index (χ4n) is 1.57. The third-order valence-corrected chi connectivity index (χ3v) is 2.32. The van der Waals surface area contributed by atoms with Gasteiger partial charge in [0.05, 0.1) is 19.8 Å². The Bertz CT molecular complexity index is 424. The van der Waals surface area contributed by atoms with Crippen LogP contribution in [0.25, 0.3) is 0 Å². The molecule has 112 valence electrons. The summed E-state index contributed by atoms with van der Waals surface area (Å²) < 4.78 is 16.0. The van der Waals surface area contributed by atoms with E-state index in [1.54, 1.807) is 18.2 Å². The van der Waals surface area contributed by atoms with Gasteiger partial charge >= 0.3 is 0 Å². The van der Waals surface area contributed by atoms with Gasteiger partial charge in [0.15, 0.2) is 11.5 Å². The quantitative estimate of drug-likeness (QED) is 0.669. The molecule has 0 spiro atoms. The van der Waals surface area contributed by atoms with Gasteiger partial charge in [0, 0.05) is 18.3 Å². The molecule has 6 nitrogen and oxygen atoms in total. The summed E-state index contributed by atoms with van der Waals surface area (Å²) in [6.07, 6.45) is 0. The largest absolute Gasteiger partial charge is 0.490 e. The first-order valence-electron chi connectivity index (χ1n) is 6.68. The third-order valence-electron chi connectivity index (χ3n) is 2.32. The Balaban J connectivity index is 2.66. The summed E-state index contributed by atoms with van der Waals surface area (Å²) in [7, 11) is 0. The molecule has 0 bridgehead atoms. The first kappa shape index (κ1) is 16.3. The molecule has 3 N–H and O–H groups in total. The highest BCUT2D eigenvalue weighted by Crippen LogP contribution is 2.30. The Kier molecular flexibility index (Phi) is 7.46. The predicted molar refractivity (Wildman–Crippen MR) is 77.3 cm³/mol. The second kappa shape index (κ2) is 9.17. The maximum Gasteiger partial charge on any atom is 0.250 e. The summed E-state index contributed by atoms with van der Waals surface area (Å²) in [6, 6.07) is 5.26. The van der Waals surface area contributed by atoms with Crippen LogP contribution in [0.3, 0.4) is 0 Å². The minimum Gasteiger partial charge on any atom is -0.490 e. The highest BCUT2D eigenvalue weighted by molar-refractivity contribution is 5.92. The average molecular weight is 282 g/mol. The van der Waals surface area contributed by atoms with Gasteiger partial charge in [0.25, 0.3) is 0 Å². The number of amides is 1. The van der Waals surface area contributed by atoms with Gasteiger partial charge in [-0.1, -0.05) is 0 Å². The zero-order valence-electron chi connectivity index (χ0n) is 12.0. The van der Waals surface area contributed by atoms with Crippen LogP contribution in [0, 0.1) is 0 Å². The summed E-state index contributed by atoms with van der Waals surface area (Å²) in [5.41, 5.74) is 5.92. The molecule has 1 amide bonds. The molecule has 0 atom stereocenters. The van der Waals surface area contributed by atoms with E-state index in [-0.39, 0.29) is 12.5 Å². The molecule has 0 radical (unpaired) electrons. The normalized spacial score (nSPS) is 10.2. The molecule has 20 heavy (non-hydrogen) atoms. The Morgan fingerprint density at radius 3 is 2.55 bits per heavy atom. The molecule has 0 aliphatic heterocycles. The average Bonchev–Trinajstić information content (AvgIpc) is 2.42. The van der Waals surface area contributed by atoms with Gasteiger partial charge in [-0.3, -0.25) is 4.79 Å². The number of nitrogens with one attached hydrogen (secondary N) is 1. The van der Waals surface area contributed by atoms with Crippen LogP contribution in [0.15, 0.2) is 18.2 Å². The minimum absolute atomic E-state index is 0.0195. The Hall–Kier alpha value is -1.79. The van der Waals surface area contributed by atoms with Crippen molar-refractivity contribution in [3.05, 3.63) is 18.2 Å². The van der Waals surface area contributed by atoms with Crippen molar-refractivity contribution in [2.24, 2.45) is 5.73 Å². The second-order valence-electron chi connectivity index (χ2n) is 3.92. The van der Waals surface area contributed by atoms with Crippen molar-refractivity contribution in [1.82, 2.24) is 0 Å². The molecule has 1 aromatic carbocycles. The van der Waals surface area contributed by atoms with Gasteiger partial charge in [-0.2, -0.15) is 0 Å². The zero-order valence-corrected chi connectivity index (χ0v) is 12.0. The van der Waals surface area contributed by atoms with E-state index < -0.39 is 0 Å². The van der Waals surface area contributed by atoms with Gasteiger partial charge < -0.3 is 25.3 Å². The zero-order chi connectivity index (χ0) is 14.8. The van der Waals surface area contributed by atoms with E-state index in [9.17, 15) is 4.79 Å². The SMILES string of the molecule is CCOc1ccc(NC(=O)COCCN)cc1OCC. The minimum atomic E-state index is -0.231. The standard InChI is InChI=1S/C14H22N2O4/c1-3-19-12-6-5-11(9-13(12)20-4-2)16-14(17)10-18-8-7-15/h5-6,9H,3-4,7-8,10,15H2,1-2H3,(H,16,17). The fraction of sp³-hybridized carbons (Fsp3) is 0.500. The molecule has 0 aliphatic rings.